The Morgan fingerprint density at radius 2 is 1.86 bits per heavy atom. The van der Waals surface area contributed by atoms with Gasteiger partial charge in [-0.3, -0.25) is 0 Å². The van der Waals surface area contributed by atoms with Crippen LogP contribution in [0, 0.1) is 0 Å². The predicted molar refractivity (Wildman–Crippen MR) is 87.8 cm³/mol. The maximum atomic E-state index is 12.2. The van der Waals surface area contributed by atoms with Gasteiger partial charge in [-0.05, 0) is 17.7 Å². The zero-order valence-corrected chi connectivity index (χ0v) is 13.3. The van der Waals surface area contributed by atoms with Gasteiger partial charge < -0.3 is 5.73 Å². The van der Waals surface area contributed by atoms with Crippen LogP contribution in [-0.2, 0) is 16.6 Å². The Balaban J connectivity index is 2.22. The van der Waals surface area contributed by atoms with Gasteiger partial charge in [0.25, 0.3) is 0 Å². The van der Waals surface area contributed by atoms with Crippen LogP contribution in [0.1, 0.15) is 11.1 Å². The molecule has 0 fully saturated rings. The molecular formula is C14H13ClN2O2S2. The molecule has 2 rings (SSSR count). The summed E-state index contributed by atoms with van der Waals surface area (Å²) in [5.41, 5.74) is 6.87. The summed E-state index contributed by atoms with van der Waals surface area (Å²) >= 11 is 10.8. The van der Waals surface area contributed by atoms with Crippen molar-refractivity contribution in [3.8, 4) is 0 Å². The Labute approximate surface area is 134 Å². The Morgan fingerprint density at radius 1 is 1.19 bits per heavy atom. The van der Waals surface area contributed by atoms with Gasteiger partial charge in [0.05, 0.1) is 5.02 Å². The molecule has 4 nitrogen and oxygen atoms in total. The number of sulfonamides is 1. The average Bonchev–Trinajstić information content (AvgIpc) is 2.46. The first-order chi connectivity index (χ1) is 9.90. The van der Waals surface area contributed by atoms with Gasteiger partial charge in [-0.25, -0.2) is 13.1 Å². The van der Waals surface area contributed by atoms with Gasteiger partial charge in [-0.15, -0.1) is 0 Å². The van der Waals surface area contributed by atoms with E-state index in [2.05, 4.69) is 4.72 Å². The van der Waals surface area contributed by atoms with E-state index in [4.69, 9.17) is 29.6 Å². The average molecular weight is 341 g/mol. The lowest BCUT2D eigenvalue weighted by Gasteiger charge is -2.09. The molecule has 2 aromatic carbocycles. The van der Waals surface area contributed by atoms with Crippen molar-refractivity contribution in [1.29, 1.82) is 0 Å². The third-order valence-electron chi connectivity index (χ3n) is 2.82. The smallest absolute Gasteiger partial charge is 0.242 e. The van der Waals surface area contributed by atoms with Crippen LogP contribution in [0.5, 0.6) is 0 Å². The second kappa shape index (κ2) is 6.53. The van der Waals surface area contributed by atoms with Gasteiger partial charge in [0.15, 0.2) is 0 Å². The number of nitrogens with two attached hydrogens (primary N) is 1. The van der Waals surface area contributed by atoms with E-state index in [1.54, 1.807) is 0 Å². The van der Waals surface area contributed by atoms with E-state index in [9.17, 15) is 8.42 Å². The number of thiocarbonyl (C=S) groups is 1. The third-order valence-corrected chi connectivity index (χ3v) is 4.93. The molecule has 21 heavy (non-hydrogen) atoms. The van der Waals surface area contributed by atoms with Gasteiger partial charge in [-0.2, -0.15) is 0 Å². The molecule has 0 heterocycles. The van der Waals surface area contributed by atoms with E-state index in [0.29, 0.717) is 5.56 Å². The van der Waals surface area contributed by atoms with Crippen LogP contribution in [0.4, 0.5) is 0 Å². The number of nitrogens with one attached hydrogen (secondary N) is 1. The summed E-state index contributed by atoms with van der Waals surface area (Å²) in [7, 11) is -3.70. The van der Waals surface area contributed by atoms with E-state index in [1.165, 1.54) is 18.2 Å². The number of benzene rings is 2. The highest BCUT2D eigenvalue weighted by Crippen LogP contribution is 2.22. The minimum atomic E-state index is -3.70. The lowest BCUT2D eigenvalue weighted by atomic mass is 10.2. The van der Waals surface area contributed by atoms with Crippen molar-refractivity contribution in [2.24, 2.45) is 5.73 Å². The number of halogens is 1. The first kappa shape index (κ1) is 15.9. The number of hydrogen-bond donors (Lipinski definition) is 2. The fourth-order valence-electron chi connectivity index (χ4n) is 1.72. The summed E-state index contributed by atoms with van der Waals surface area (Å²) < 4.78 is 27.0. The maximum Gasteiger partial charge on any atom is 0.242 e. The quantitative estimate of drug-likeness (QED) is 0.820. The standard InChI is InChI=1S/C14H13ClN2O2S2/c15-12-8-11(14(16)20)6-7-13(12)21(18,19)17-9-10-4-2-1-3-5-10/h1-8,17H,9H2,(H2,16,20). The Bertz CT molecular complexity index is 762. The minimum Gasteiger partial charge on any atom is -0.389 e. The van der Waals surface area contributed by atoms with Crippen molar-refractivity contribution in [2.45, 2.75) is 11.4 Å². The molecule has 7 heteroatoms. The molecule has 2 aromatic rings. The second-order valence-electron chi connectivity index (χ2n) is 4.32. The molecule has 0 radical (unpaired) electrons. The normalized spacial score (nSPS) is 11.3. The van der Waals surface area contributed by atoms with Gasteiger partial charge in [0.1, 0.15) is 9.88 Å². The zero-order valence-electron chi connectivity index (χ0n) is 10.9. The molecule has 3 N–H and O–H groups in total. The first-order valence-electron chi connectivity index (χ1n) is 6.03. The molecule has 0 amide bonds. The third kappa shape index (κ3) is 4.01. The van der Waals surface area contributed by atoms with Crippen LogP contribution in [0.25, 0.3) is 0 Å². The van der Waals surface area contributed by atoms with E-state index >= 15 is 0 Å². The summed E-state index contributed by atoms with van der Waals surface area (Å²) in [6.45, 7) is 0.191. The van der Waals surface area contributed by atoms with Crippen molar-refractivity contribution in [3.63, 3.8) is 0 Å². The van der Waals surface area contributed by atoms with Gasteiger partial charge in [-0.1, -0.05) is 60.2 Å². The van der Waals surface area contributed by atoms with Crippen LogP contribution in [0.3, 0.4) is 0 Å². The second-order valence-corrected chi connectivity index (χ2v) is 6.90. The van der Waals surface area contributed by atoms with E-state index < -0.39 is 10.0 Å². The molecule has 0 spiro atoms. The Kier molecular flexibility index (Phi) is 4.95. The van der Waals surface area contributed by atoms with Gasteiger partial charge in [0, 0.05) is 12.1 Å². The van der Waals surface area contributed by atoms with Crippen LogP contribution < -0.4 is 10.5 Å². The Morgan fingerprint density at radius 3 is 2.43 bits per heavy atom. The molecule has 0 bridgehead atoms. The van der Waals surface area contributed by atoms with Crippen LogP contribution in [0.2, 0.25) is 5.02 Å². The fraction of sp³-hybridized carbons (Fsp3) is 0.0714. The van der Waals surface area contributed by atoms with Crippen molar-refractivity contribution >= 4 is 38.8 Å². The predicted octanol–water partition coefficient (Wildman–Crippen LogP) is 2.45. The van der Waals surface area contributed by atoms with Crippen molar-refractivity contribution in [3.05, 3.63) is 64.7 Å². The molecule has 0 atom stereocenters. The topological polar surface area (TPSA) is 72.2 Å². The van der Waals surface area contributed by atoms with Crippen LogP contribution in [-0.4, -0.2) is 13.4 Å². The van der Waals surface area contributed by atoms with Crippen LogP contribution in [0.15, 0.2) is 53.4 Å². The van der Waals surface area contributed by atoms with E-state index in [0.717, 1.165) is 5.56 Å². The summed E-state index contributed by atoms with van der Waals surface area (Å²) in [4.78, 5) is 0.165. The summed E-state index contributed by atoms with van der Waals surface area (Å²) in [6.07, 6.45) is 0. The Hall–Kier alpha value is -1.47. The zero-order chi connectivity index (χ0) is 15.5. The molecule has 0 aliphatic rings. The highest BCUT2D eigenvalue weighted by molar-refractivity contribution is 7.89. The molecule has 0 saturated heterocycles. The highest BCUT2D eigenvalue weighted by atomic mass is 35.5. The summed E-state index contributed by atoms with van der Waals surface area (Å²) in [6, 6.07) is 13.6. The molecule has 0 unspecified atom stereocenters. The first-order valence-corrected chi connectivity index (χ1v) is 8.30. The lowest BCUT2D eigenvalue weighted by molar-refractivity contribution is 0.581. The van der Waals surface area contributed by atoms with E-state index in [1.807, 2.05) is 30.3 Å². The summed E-state index contributed by atoms with van der Waals surface area (Å²) in [5.74, 6) is 0. The molecule has 0 saturated carbocycles. The van der Waals surface area contributed by atoms with E-state index in [-0.39, 0.29) is 21.5 Å². The van der Waals surface area contributed by atoms with Crippen molar-refractivity contribution < 1.29 is 8.42 Å². The molecule has 0 aliphatic heterocycles. The maximum absolute atomic E-state index is 12.2. The van der Waals surface area contributed by atoms with Crippen LogP contribution >= 0.6 is 23.8 Å². The number of hydrogen-bond acceptors (Lipinski definition) is 3. The number of rotatable bonds is 5. The van der Waals surface area contributed by atoms with Gasteiger partial charge >= 0.3 is 0 Å². The van der Waals surface area contributed by atoms with Gasteiger partial charge in [0.2, 0.25) is 10.0 Å². The monoisotopic (exact) mass is 340 g/mol. The fourth-order valence-corrected chi connectivity index (χ4v) is 3.41. The molecule has 0 aliphatic carbocycles. The van der Waals surface area contributed by atoms with Crippen molar-refractivity contribution in [1.82, 2.24) is 4.72 Å². The highest BCUT2D eigenvalue weighted by Gasteiger charge is 2.18. The van der Waals surface area contributed by atoms with Crippen molar-refractivity contribution in [2.75, 3.05) is 0 Å². The lowest BCUT2D eigenvalue weighted by Crippen LogP contribution is -2.23. The largest absolute Gasteiger partial charge is 0.389 e. The SMILES string of the molecule is NC(=S)c1ccc(S(=O)(=O)NCc2ccccc2)c(Cl)c1. The molecule has 0 aromatic heterocycles. The molecule has 110 valence electrons. The molecular weight excluding hydrogens is 328 g/mol. The minimum absolute atomic E-state index is 0.0000905. The summed E-state index contributed by atoms with van der Waals surface area (Å²) in [5, 5.41) is 0.0841.